The molecule has 1 amide bonds. The first-order valence-electron chi connectivity index (χ1n) is 7.02. The molecular formula is C15H20N2O3. The summed E-state index contributed by atoms with van der Waals surface area (Å²) in [5, 5.41) is 10.9. The Balaban J connectivity index is 1.98. The van der Waals surface area contributed by atoms with Crippen LogP contribution in [-0.2, 0) is 4.79 Å². The number of hydrogen-bond acceptors (Lipinski definition) is 3. The number of anilines is 1. The van der Waals surface area contributed by atoms with Gasteiger partial charge < -0.3 is 15.3 Å². The molecule has 0 unspecified atom stereocenters. The Morgan fingerprint density at radius 3 is 2.20 bits per heavy atom. The first kappa shape index (κ1) is 14.4. The monoisotopic (exact) mass is 276 g/mol. The van der Waals surface area contributed by atoms with E-state index in [9.17, 15) is 9.59 Å². The first-order valence-corrected chi connectivity index (χ1v) is 7.02. The fourth-order valence-electron chi connectivity index (χ4n) is 2.41. The molecule has 1 heterocycles. The number of carboxylic acid groups (broad SMARTS) is 1. The van der Waals surface area contributed by atoms with Gasteiger partial charge in [-0.15, -0.1) is 0 Å². The standard InChI is InChI=1S/C15H20N2O3/c18-14(19)11-16-15(20)12-5-7-13(8-6-12)17-9-3-1-2-4-10-17/h5-8H,1-4,9-11H2,(H,16,20)(H,18,19). The number of carbonyl (C=O) groups excluding carboxylic acids is 1. The van der Waals surface area contributed by atoms with E-state index in [2.05, 4.69) is 10.2 Å². The van der Waals surface area contributed by atoms with Gasteiger partial charge >= 0.3 is 5.97 Å². The Morgan fingerprint density at radius 2 is 1.65 bits per heavy atom. The lowest BCUT2D eigenvalue weighted by atomic mass is 10.1. The predicted octanol–water partition coefficient (Wildman–Crippen LogP) is 1.88. The van der Waals surface area contributed by atoms with Crippen LogP contribution in [0, 0.1) is 0 Å². The van der Waals surface area contributed by atoms with Gasteiger partial charge in [0, 0.05) is 24.3 Å². The molecule has 1 aromatic carbocycles. The molecule has 0 radical (unpaired) electrons. The molecule has 1 saturated heterocycles. The topological polar surface area (TPSA) is 69.6 Å². The number of nitrogens with zero attached hydrogens (tertiary/aromatic N) is 1. The normalized spacial score (nSPS) is 15.5. The molecule has 0 atom stereocenters. The van der Waals surface area contributed by atoms with Crippen molar-refractivity contribution in [2.45, 2.75) is 25.7 Å². The summed E-state index contributed by atoms with van der Waals surface area (Å²) in [7, 11) is 0. The van der Waals surface area contributed by atoms with Crippen molar-refractivity contribution in [3.05, 3.63) is 29.8 Å². The summed E-state index contributed by atoms with van der Waals surface area (Å²) in [4.78, 5) is 24.4. The molecule has 1 aliphatic rings. The molecule has 1 fully saturated rings. The maximum absolute atomic E-state index is 11.7. The molecule has 0 bridgehead atoms. The van der Waals surface area contributed by atoms with E-state index >= 15 is 0 Å². The van der Waals surface area contributed by atoms with Gasteiger partial charge in [-0.25, -0.2) is 0 Å². The quantitative estimate of drug-likeness (QED) is 0.881. The Hall–Kier alpha value is -2.04. The highest BCUT2D eigenvalue weighted by molar-refractivity contribution is 5.96. The first-order chi connectivity index (χ1) is 9.66. The van der Waals surface area contributed by atoms with Gasteiger partial charge in [-0.3, -0.25) is 9.59 Å². The number of carbonyl (C=O) groups is 2. The number of rotatable bonds is 4. The lowest BCUT2D eigenvalue weighted by Gasteiger charge is -2.22. The van der Waals surface area contributed by atoms with Gasteiger partial charge in [0.2, 0.25) is 0 Å². The van der Waals surface area contributed by atoms with Crippen molar-refractivity contribution in [1.82, 2.24) is 5.32 Å². The number of amides is 1. The Labute approximate surface area is 118 Å². The summed E-state index contributed by atoms with van der Waals surface area (Å²) in [6.45, 7) is 1.77. The summed E-state index contributed by atoms with van der Waals surface area (Å²) >= 11 is 0. The fourth-order valence-corrected chi connectivity index (χ4v) is 2.41. The number of nitrogens with one attached hydrogen (secondary N) is 1. The van der Waals surface area contributed by atoms with Crippen LogP contribution in [0.2, 0.25) is 0 Å². The van der Waals surface area contributed by atoms with Crippen LogP contribution in [0.3, 0.4) is 0 Å². The summed E-state index contributed by atoms with van der Waals surface area (Å²) < 4.78 is 0. The maximum Gasteiger partial charge on any atom is 0.322 e. The minimum Gasteiger partial charge on any atom is -0.480 e. The minimum atomic E-state index is -1.04. The summed E-state index contributed by atoms with van der Waals surface area (Å²) in [6, 6.07) is 7.36. The van der Waals surface area contributed by atoms with Gasteiger partial charge in [0.05, 0.1) is 0 Å². The highest BCUT2D eigenvalue weighted by Crippen LogP contribution is 2.19. The third kappa shape index (κ3) is 3.98. The van der Waals surface area contributed by atoms with E-state index in [1.54, 1.807) is 12.1 Å². The van der Waals surface area contributed by atoms with Crippen LogP contribution < -0.4 is 10.2 Å². The zero-order chi connectivity index (χ0) is 14.4. The Bertz CT molecular complexity index is 463. The Kier molecular flexibility index (Phi) is 4.98. The van der Waals surface area contributed by atoms with E-state index in [4.69, 9.17) is 5.11 Å². The van der Waals surface area contributed by atoms with Gasteiger partial charge in [-0.2, -0.15) is 0 Å². The predicted molar refractivity (Wildman–Crippen MR) is 77.1 cm³/mol. The Morgan fingerprint density at radius 1 is 1.05 bits per heavy atom. The second kappa shape index (κ2) is 6.93. The van der Waals surface area contributed by atoms with Gasteiger partial charge in [-0.05, 0) is 37.1 Å². The lowest BCUT2D eigenvalue weighted by molar-refractivity contribution is -0.135. The molecule has 108 valence electrons. The van der Waals surface area contributed by atoms with Crippen molar-refractivity contribution in [3.8, 4) is 0 Å². The van der Waals surface area contributed by atoms with Crippen LogP contribution in [0.5, 0.6) is 0 Å². The zero-order valence-corrected chi connectivity index (χ0v) is 11.5. The van der Waals surface area contributed by atoms with E-state index < -0.39 is 5.97 Å². The third-order valence-electron chi connectivity index (χ3n) is 3.50. The molecule has 2 N–H and O–H groups in total. The molecule has 0 saturated carbocycles. The van der Waals surface area contributed by atoms with Crippen molar-refractivity contribution >= 4 is 17.6 Å². The van der Waals surface area contributed by atoms with E-state index in [0.717, 1.165) is 18.8 Å². The van der Waals surface area contributed by atoms with Crippen LogP contribution in [0.15, 0.2) is 24.3 Å². The van der Waals surface area contributed by atoms with Crippen molar-refractivity contribution in [1.29, 1.82) is 0 Å². The summed E-state index contributed by atoms with van der Waals surface area (Å²) in [6.07, 6.45) is 4.99. The third-order valence-corrected chi connectivity index (χ3v) is 3.50. The molecule has 5 nitrogen and oxygen atoms in total. The van der Waals surface area contributed by atoms with Crippen molar-refractivity contribution < 1.29 is 14.7 Å². The smallest absolute Gasteiger partial charge is 0.322 e. The molecular weight excluding hydrogens is 256 g/mol. The van der Waals surface area contributed by atoms with Crippen LogP contribution in [0.4, 0.5) is 5.69 Å². The van der Waals surface area contributed by atoms with Crippen LogP contribution in [0.1, 0.15) is 36.0 Å². The molecule has 2 rings (SSSR count). The van der Waals surface area contributed by atoms with Gasteiger partial charge in [0.25, 0.3) is 5.91 Å². The highest BCUT2D eigenvalue weighted by Gasteiger charge is 2.11. The molecule has 1 aliphatic heterocycles. The largest absolute Gasteiger partial charge is 0.480 e. The molecule has 1 aromatic rings. The number of carboxylic acids is 1. The van der Waals surface area contributed by atoms with E-state index in [-0.39, 0.29) is 12.5 Å². The zero-order valence-electron chi connectivity index (χ0n) is 11.5. The second-order valence-electron chi connectivity index (χ2n) is 5.02. The van der Waals surface area contributed by atoms with Crippen molar-refractivity contribution in [2.24, 2.45) is 0 Å². The van der Waals surface area contributed by atoms with E-state index in [0.29, 0.717) is 5.56 Å². The SMILES string of the molecule is O=C(O)CNC(=O)c1ccc(N2CCCCCC2)cc1. The molecule has 0 aliphatic carbocycles. The average molecular weight is 276 g/mol. The molecule has 20 heavy (non-hydrogen) atoms. The number of aliphatic carboxylic acids is 1. The highest BCUT2D eigenvalue weighted by atomic mass is 16.4. The molecule has 5 heteroatoms. The van der Waals surface area contributed by atoms with E-state index in [1.165, 1.54) is 25.7 Å². The van der Waals surface area contributed by atoms with Crippen LogP contribution in [0.25, 0.3) is 0 Å². The minimum absolute atomic E-state index is 0.352. The van der Waals surface area contributed by atoms with Crippen LogP contribution in [-0.4, -0.2) is 36.6 Å². The maximum atomic E-state index is 11.7. The van der Waals surface area contributed by atoms with Gasteiger partial charge in [0.1, 0.15) is 6.54 Å². The van der Waals surface area contributed by atoms with Crippen molar-refractivity contribution in [3.63, 3.8) is 0 Å². The summed E-state index contributed by atoms with van der Waals surface area (Å²) in [5.74, 6) is -1.39. The van der Waals surface area contributed by atoms with E-state index in [1.807, 2.05) is 12.1 Å². The van der Waals surface area contributed by atoms with Gasteiger partial charge in [0.15, 0.2) is 0 Å². The second-order valence-corrected chi connectivity index (χ2v) is 5.02. The fraction of sp³-hybridized carbons (Fsp3) is 0.467. The van der Waals surface area contributed by atoms with Crippen LogP contribution >= 0.6 is 0 Å². The van der Waals surface area contributed by atoms with Gasteiger partial charge in [-0.1, -0.05) is 12.8 Å². The molecule has 0 spiro atoms. The summed E-state index contributed by atoms with van der Waals surface area (Å²) in [5.41, 5.74) is 1.62. The number of benzene rings is 1. The van der Waals surface area contributed by atoms with Crippen molar-refractivity contribution in [2.75, 3.05) is 24.5 Å². The molecule has 0 aromatic heterocycles. The number of hydrogen-bond donors (Lipinski definition) is 2. The average Bonchev–Trinajstić information content (AvgIpc) is 2.74. The lowest BCUT2D eigenvalue weighted by Crippen LogP contribution is -2.29.